The van der Waals surface area contributed by atoms with E-state index in [-0.39, 0.29) is 0 Å². The summed E-state index contributed by atoms with van der Waals surface area (Å²) in [7, 11) is 0. The average Bonchev–Trinajstić information content (AvgIpc) is 2.72. The van der Waals surface area contributed by atoms with Crippen molar-refractivity contribution in [2.24, 2.45) is 10.9 Å². The number of rotatable bonds is 5. The van der Waals surface area contributed by atoms with Crippen LogP contribution >= 0.6 is 0 Å². The third-order valence-electron chi connectivity index (χ3n) is 5.78. The highest BCUT2D eigenvalue weighted by atomic mass is 15.3. The van der Waals surface area contributed by atoms with E-state index < -0.39 is 0 Å². The minimum atomic E-state index is 0.686. The first-order chi connectivity index (χ1) is 13.2. The number of likely N-dealkylation sites (N-methyl/N-ethyl adjacent to an activating group) is 1. The van der Waals surface area contributed by atoms with Crippen molar-refractivity contribution in [1.29, 1.82) is 0 Å². The Kier molecular flexibility index (Phi) is 7.33. The number of piperidine rings is 1. The lowest BCUT2D eigenvalue weighted by molar-refractivity contribution is 0.270. The number of nitrogens with one attached hydrogen (secondary N) is 1. The van der Waals surface area contributed by atoms with E-state index in [4.69, 9.17) is 9.98 Å². The number of hydrogen-bond acceptors (Lipinski definition) is 4. The molecule has 0 unspecified atom stereocenters. The molecule has 2 aliphatic rings. The second-order valence-corrected chi connectivity index (χ2v) is 7.79. The van der Waals surface area contributed by atoms with Crippen LogP contribution in [0.5, 0.6) is 0 Å². The predicted molar refractivity (Wildman–Crippen MR) is 113 cm³/mol. The van der Waals surface area contributed by atoms with Gasteiger partial charge in [0.15, 0.2) is 5.96 Å². The third kappa shape index (κ3) is 5.58. The van der Waals surface area contributed by atoms with E-state index in [0.29, 0.717) is 6.54 Å². The van der Waals surface area contributed by atoms with Crippen LogP contribution in [-0.4, -0.2) is 73.1 Å². The van der Waals surface area contributed by atoms with Crippen LogP contribution in [0.1, 0.15) is 39.2 Å². The number of aromatic nitrogens is 1. The summed E-state index contributed by atoms with van der Waals surface area (Å²) < 4.78 is 0. The Hall–Kier alpha value is -1.82. The summed E-state index contributed by atoms with van der Waals surface area (Å²) in [6.07, 6.45) is 4.50. The molecule has 2 fully saturated rings. The summed E-state index contributed by atoms with van der Waals surface area (Å²) in [5, 5.41) is 3.45. The first kappa shape index (κ1) is 19.9. The minimum absolute atomic E-state index is 0.686. The van der Waals surface area contributed by atoms with Crippen LogP contribution in [0.3, 0.4) is 0 Å². The van der Waals surface area contributed by atoms with Crippen molar-refractivity contribution in [2.75, 3.05) is 57.3 Å². The number of aliphatic imine (C=N–C) groups is 1. The van der Waals surface area contributed by atoms with Crippen LogP contribution in [0.4, 0.5) is 5.82 Å². The fraction of sp³-hybridized carbons (Fsp3) is 0.714. The molecule has 2 saturated heterocycles. The maximum atomic E-state index is 4.87. The summed E-state index contributed by atoms with van der Waals surface area (Å²) >= 11 is 0. The minimum Gasteiger partial charge on any atom is -0.357 e. The molecule has 0 spiro atoms. The van der Waals surface area contributed by atoms with Gasteiger partial charge < -0.3 is 20.0 Å². The van der Waals surface area contributed by atoms with Gasteiger partial charge in [-0.05, 0) is 43.9 Å². The Morgan fingerprint density at radius 2 is 1.85 bits per heavy atom. The molecule has 2 aliphatic heterocycles. The Balaban J connectivity index is 1.57. The average molecular weight is 373 g/mol. The van der Waals surface area contributed by atoms with Crippen molar-refractivity contribution >= 4 is 11.8 Å². The smallest absolute Gasteiger partial charge is 0.194 e. The van der Waals surface area contributed by atoms with Gasteiger partial charge in [0.25, 0.3) is 0 Å². The van der Waals surface area contributed by atoms with Gasteiger partial charge in [0.1, 0.15) is 5.82 Å². The fourth-order valence-corrected chi connectivity index (χ4v) is 3.80. The molecule has 1 N–H and O–H groups in total. The normalized spacial score (nSPS) is 20.2. The molecule has 0 atom stereocenters. The van der Waals surface area contributed by atoms with Crippen molar-refractivity contribution in [1.82, 2.24) is 20.1 Å². The topological polar surface area (TPSA) is 47.0 Å². The molecule has 3 heterocycles. The molecule has 1 aromatic heterocycles. The second kappa shape index (κ2) is 9.93. The SMILES string of the molecule is CCNC(=NCc1ccc(N2CCN(CC)CC2)nc1)N1CCC(C)CC1. The van der Waals surface area contributed by atoms with Crippen LogP contribution in [0.25, 0.3) is 0 Å². The molecule has 0 radical (unpaired) electrons. The summed E-state index contributed by atoms with van der Waals surface area (Å²) in [5.74, 6) is 2.97. The number of guanidine groups is 1. The largest absolute Gasteiger partial charge is 0.357 e. The van der Waals surface area contributed by atoms with Gasteiger partial charge in [-0.25, -0.2) is 9.98 Å². The maximum Gasteiger partial charge on any atom is 0.194 e. The van der Waals surface area contributed by atoms with Crippen molar-refractivity contribution in [3.63, 3.8) is 0 Å². The van der Waals surface area contributed by atoms with Gasteiger partial charge in [0, 0.05) is 52.0 Å². The lowest BCUT2D eigenvalue weighted by Crippen LogP contribution is -2.46. The zero-order valence-electron chi connectivity index (χ0n) is 17.3. The van der Waals surface area contributed by atoms with E-state index in [9.17, 15) is 0 Å². The van der Waals surface area contributed by atoms with Crippen LogP contribution in [0.15, 0.2) is 23.3 Å². The van der Waals surface area contributed by atoms with Gasteiger partial charge in [-0.2, -0.15) is 0 Å². The van der Waals surface area contributed by atoms with Crippen molar-refractivity contribution in [3.05, 3.63) is 23.9 Å². The molecule has 6 heteroatoms. The van der Waals surface area contributed by atoms with Gasteiger partial charge in [0.05, 0.1) is 6.54 Å². The fourth-order valence-electron chi connectivity index (χ4n) is 3.80. The highest BCUT2D eigenvalue weighted by molar-refractivity contribution is 5.80. The van der Waals surface area contributed by atoms with E-state index in [1.165, 1.54) is 18.4 Å². The van der Waals surface area contributed by atoms with E-state index in [1.54, 1.807) is 0 Å². The van der Waals surface area contributed by atoms with E-state index >= 15 is 0 Å². The van der Waals surface area contributed by atoms with Crippen LogP contribution in [0.2, 0.25) is 0 Å². The molecule has 3 rings (SSSR count). The molecule has 27 heavy (non-hydrogen) atoms. The van der Waals surface area contributed by atoms with Crippen LogP contribution in [0, 0.1) is 5.92 Å². The van der Waals surface area contributed by atoms with Crippen LogP contribution < -0.4 is 10.2 Å². The molecule has 1 aromatic rings. The molecule has 0 aromatic carbocycles. The van der Waals surface area contributed by atoms with Gasteiger partial charge in [0.2, 0.25) is 0 Å². The number of pyridine rings is 1. The number of likely N-dealkylation sites (tertiary alicyclic amines) is 1. The zero-order valence-corrected chi connectivity index (χ0v) is 17.3. The monoisotopic (exact) mass is 372 g/mol. The molecular weight excluding hydrogens is 336 g/mol. The maximum absolute atomic E-state index is 4.87. The molecule has 0 bridgehead atoms. The highest BCUT2D eigenvalue weighted by Crippen LogP contribution is 2.17. The molecule has 150 valence electrons. The van der Waals surface area contributed by atoms with Gasteiger partial charge in [-0.15, -0.1) is 0 Å². The zero-order chi connectivity index (χ0) is 19.1. The Bertz CT molecular complexity index is 583. The predicted octanol–water partition coefficient (Wildman–Crippen LogP) is 2.42. The lowest BCUT2D eigenvalue weighted by atomic mass is 10.00. The number of hydrogen-bond donors (Lipinski definition) is 1. The summed E-state index contributed by atoms with van der Waals surface area (Å²) in [5.41, 5.74) is 1.17. The van der Waals surface area contributed by atoms with Crippen molar-refractivity contribution < 1.29 is 0 Å². The van der Waals surface area contributed by atoms with Gasteiger partial charge in [-0.1, -0.05) is 19.9 Å². The van der Waals surface area contributed by atoms with E-state index in [1.807, 2.05) is 6.20 Å². The molecule has 6 nitrogen and oxygen atoms in total. The summed E-state index contributed by atoms with van der Waals surface area (Å²) in [6, 6.07) is 4.34. The standard InChI is InChI=1S/C21H36N6/c1-4-22-21(27-10-8-18(3)9-11-27)24-17-19-6-7-20(23-16-19)26-14-12-25(5-2)13-15-26/h6-7,16,18H,4-5,8-15,17H2,1-3H3,(H,22,24). The third-order valence-corrected chi connectivity index (χ3v) is 5.78. The molecule has 0 amide bonds. The first-order valence-electron chi connectivity index (χ1n) is 10.6. The quantitative estimate of drug-likeness (QED) is 0.635. The summed E-state index contributed by atoms with van der Waals surface area (Å²) in [4.78, 5) is 16.8. The summed E-state index contributed by atoms with van der Waals surface area (Å²) in [6.45, 7) is 16.0. The van der Waals surface area contributed by atoms with Crippen molar-refractivity contribution in [2.45, 2.75) is 40.2 Å². The van der Waals surface area contributed by atoms with Crippen LogP contribution in [-0.2, 0) is 6.54 Å². The Morgan fingerprint density at radius 3 is 2.44 bits per heavy atom. The molecule has 0 aliphatic carbocycles. The number of anilines is 1. The highest BCUT2D eigenvalue weighted by Gasteiger charge is 2.19. The van der Waals surface area contributed by atoms with E-state index in [0.717, 1.165) is 70.1 Å². The Labute approximate surface area is 164 Å². The van der Waals surface area contributed by atoms with E-state index in [2.05, 4.69) is 52.9 Å². The Morgan fingerprint density at radius 1 is 1.11 bits per heavy atom. The molecular formula is C21H36N6. The van der Waals surface area contributed by atoms with Crippen molar-refractivity contribution in [3.8, 4) is 0 Å². The lowest BCUT2D eigenvalue weighted by Gasteiger charge is -2.34. The number of piperazine rings is 1. The first-order valence-corrected chi connectivity index (χ1v) is 10.6. The van der Waals surface area contributed by atoms with Gasteiger partial charge in [-0.3, -0.25) is 0 Å². The second-order valence-electron chi connectivity index (χ2n) is 7.79. The molecule has 0 saturated carbocycles. The van der Waals surface area contributed by atoms with Gasteiger partial charge >= 0.3 is 0 Å². The number of nitrogens with zero attached hydrogens (tertiary/aromatic N) is 5.